The van der Waals surface area contributed by atoms with Crippen molar-refractivity contribution in [2.45, 2.75) is 97.6 Å². The number of hydrogen-bond acceptors (Lipinski definition) is 13. The van der Waals surface area contributed by atoms with Gasteiger partial charge in [0.05, 0.1) is 0 Å². The Morgan fingerprint density at radius 2 is 1.32 bits per heavy atom. The number of esters is 5. The van der Waals surface area contributed by atoms with Gasteiger partial charge >= 0.3 is 35.9 Å². The van der Waals surface area contributed by atoms with Crippen LogP contribution in [-0.4, -0.2) is 78.7 Å². The lowest BCUT2D eigenvalue weighted by Crippen LogP contribution is -2.62. The van der Waals surface area contributed by atoms with E-state index >= 15 is 0 Å². The van der Waals surface area contributed by atoms with E-state index in [1.165, 1.54) is 6.08 Å². The van der Waals surface area contributed by atoms with Crippen LogP contribution in [0.4, 0.5) is 4.79 Å². The standard InChI is InChI=1S/C30H39NO13/c1-17(32)38-16-24-26(41-19(3)34)27(42-20(4)35)25(40-18(2)33)23(43-24)14-13-22(31-29(37)44-30(5,6)7)28(36)39-15-21-11-9-8-10-12-21/h8-13,23-27H,14-16H2,1-7H3,(H,31,37)/b22-13-/t23-,24?,25?,26+,27-/m1/s1. The summed E-state index contributed by atoms with van der Waals surface area (Å²) in [6.07, 6.45) is -6.33. The SMILES string of the molecule is CC(=O)OCC1O[C@H](C/C=C(\NC(=O)OC(C)(C)C)C(=O)OCc2ccccc2)C(OC(C)=O)[C@@H](OC(C)=O)[C@H]1OC(C)=O. The van der Waals surface area contributed by atoms with Gasteiger partial charge in [0.2, 0.25) is 0 Å². The molecule has 1 N–H and O–H groups in total. The number of ether oxygens (including phenoxy) is 7. The number of benzene rings is 1. The summed E-state index contributed by atoms with van der Waals surface area (Å²) in [5.74, 6) is -3.91. The molecular formula is C30H39NO13. The average Bonchev–Trinajstić information content (AvgIpc) is 2.90. The van der Waals surface area contributed by atoms with E-state index in [0.717, 1.165) is 27.7 Å². The van der Waals surface area contributed by atoms with E-state index in [1.807, 2.05) is 0 Å². The first kappa shape index (κ1) is 35.7. The molecule has 0 spiro atoms. The van der Waals surface area contributed by atoms with Crippen molar-refractivity contribution in [3.05, 3.63) is 47.7 Å². The quantitative estimate of drug-likeness (QED) is 0.217. The smallest absolute Gasteiger partial charge is 0.412 e. The minimum atomic E-state index is -1.39. The molecule has 1 aliphatic rings. The number of nitrogens with one attached hydrogen (secondary N) is 1. The van der Waals surface area contributed by atoms with Crippen molar-refractivity contribution in [2.24, 2.45) is 0 Å². The highest BCUT2D eigenvalue weighted by molar-refractivity contribution is 5.92. The second-order valence-electron chi connectivity index (χ2n) is 10.8. The monoisotopic (exact) mass is 621 g/mol. The number of carbonyl (C=O) groups excluding carboxylic acids is 6. The maximum absolute atomic E-state index is 13.1. The Morgan fingerprint density at radius 1 is 0.773 bits per heavy atom. The molecule has 0 aromatic heterocycles. The molecule has 1 amide bonds. The zero-order valence-electron chi connectivity index (χ0n) is 25.8. The first-order valence-corrected chi connectivity index (χ1v) is 13.8. The summed E-state index contributed by atoms with van der Waals surface area (Å²) in [6.45, 7) is 8.88. The van der Waals surface area contributed by atoms with Gasteiger partial charge in [-0.15, -0.1) is 0 Å². The molecule has 14 heteroatoms. The highest BCUT2D eigenvalue weighted by Gasteiger charge is 2.51. The third-order valence-corrected chi connectivity index (χ3v) is 5.71. The Morgan fingerprint density at radius 3 is 1.84 bits per heavy atom. The zero-order valence-corrected chi connectivity index (χ0v) is 25.8. The van der Waals surface area contributed by atoms with Gasteiger partial charge in [0.1, 0.15) is 36.7 Å². The maximum Gasteiger partial charge on any atom is 0.412 e. The van der Waals surface area contributed by atoms with Crippen LogP contribution in [0, 0.1) is 0 Å². The Bertz CT molecular complexity index is 1220. The number of rotatable bonds is 11. The summed E-state index contributed by atoms with van der Waals surface area (Å²) in [7, 11) is 0. The van der Waals surface area contributed by atoms with Crippen molar-refractivity contribution in [3.63, 3.8) is 0 Å². The topological polar surface area (TPSA) is 179 Å². The normalized spacial score (nSPS) is 21.7. The molecule has 2 rings (SSSR count). The molecule has 1 saturated heterocycles. The molecule has 0 aliphatic carbocycles. The summed E-state index contributed by atoms with van der Waals surface area (Å²) in [5, 5.41) is 2.37. The van der Waals surface area contributed by atoms with Gasteiger partial charge in [0.25, 0.3) is 0 Å². The molecule has 14 nitrogen and oxygen atoms in total. The highest BCUT2D eigenvalue weighted by atomic mass is 16.7. The first-order valence-electron chi connectivity index (χ1n) is 13.8. The van der Waals surface area contributed by atoms with E-state index in [4.69, 9.17) is 33.2 Å². The minimum absolute atomic E-state index is 0.105. The minimum Gasteiger partial charge on any atom is -0.463 e. The third kappa shape index (κ3) is 12.4. The van der Waals surface area contributed by atoms with Crippen LogP contribution in [0.2, 0.25) is 0 Å². The third-order valence-electron chi connectivity index (χ3n) is 5.71. The largest absolute Gasteiger partial charge is 0.463 e. The molecule has 0 saturated carbocycles. The lowest BCUT2D eigenvalue weighted by atomic mass is 9.92. The number of amides is 1. The lowest BCUT2D eigenvalue weighted by Gasteiger charge is -2.44. The van der Waals surface area contributed by atoms with Crippen LogP contribution in [0.25, 0.3) is 0 Å². The van der Waals surface area contributed by atoms with Crippen LogP contribution in [0.3, 0.4) is 0 Å². The van der Waals surface area contributed by atoms with Gasteiger partial charge in [0, 0.05) is 27.7 Å². The van der Waals surface area contributed by atoms with Crippen molar-refractivity contribution in [2.75, 3.05) is 6.61 Å². The van der Waals surface area contributed by atoms with Crippen molar-refractivity contribution in [3.8, 4) is 0 Å². The molecule has 44 heavy (non-hydrogen) atoms. The van der Waals surface area contributed by atoms with Gasteiger partial charge in [-0.2, -0.15) is 0 Å². The maximum atomic E-state index is 13.1. The Balaban J connectivity index is 2.47. The summed E-state index contributed by atoms with van der Waals surface area (Å²) in [6, 6.07) is 8.83. The molecule has 0 radical (unpaired) electrons. The van der Waals surface area contributed by atoms with Crippen LogP contribution >= 0.6 is 0 Å². The molecule has 1 aliphatic heterocycles. The van der Waals surface area contributed by atoms with E-state index in [9.17, 15) is 28.8 Å². The molecule has 0 bridgehead atoms. The van der Waals surface area contributed by atoms with Crippen molar-refractivity contribution in [1.29, 1.82) is 0 Å². The summed E-state index contributed by atoms with van der Waals surface area (Å²) >= 11 is 0. The second kappa shape index (κ2) is 16.4. The summed E-state index contributed by atoms with van der Waals surface area (Å²) in [4.78, 5) is 73.4. The molecule has 5 atom stereocenters. The van der Waals surface area contributed by atoms with E-state index in [2.05, 4.69) is 5.32 Å². The highest BCUT2D eigenvalue weighted by Crippen LogP contribution is 2.31. The lowest BCUT2D eigenvalue weighted by molar-refractivity contribution is -0.251. The van der Waals surface area contributed by atoms with Crippen LogP contribution in [0.1, 0.15) is 60.5 Å². The fourth-order valence-corrected chi connectivity index (χ4v) is 4.14. The Kier molecular flexibility index (Phi) is 13.3. The Hall–Kier alpha value is -4.46. The van der Waals surface area contributed by atoms with Crippen molar-refractivity contribution in [1.82, 2.24) is 5.32 Å². The van der Waals surface area contributed by atoms with Gasteiger partial charge in [0.15, 0.2) is 18.3 Å². The number of hydrogen-bond donors (Lipinski definition) is 1. The average molecular weight is 622 g/mol. The summed E-state index contributed by atoms with van der Waals surface area (Å²) in [5.41, 5.74) is -0.511. The predicted molar refractivity (Wildman–Crippen MR) is 150 cm³/mol. The zero-order chi connectivity index (χ0) is 33.0. The van der Waals surface area contributed by atoms with Crippen LogP contribution in [0.15, 0.2) is 42.1 Å². The van der Waals surface area contributed by atoms with Crippen LogP contribution in [0.5, 0.6) is 0 Å². The van der Waals surface area contributed by atoms with E-state index in [-0.39, 0.29) is 18.7 Å². The van der Waals surface area contributed by atoms with Crippen LogP contribution < -0.4 is 5.32 Å². The van der Waals surface area contributed by atoms with Gasteiger partial charge in [-0.3, -0.25) is 24.5 Å². The predicted octanol–water partition coefficient (Wildman–Crippen LogP) is 2.65. The van der Waals surface area contributed by atoms with Gasteiger partial charge in [-0.25, -0.2) is 9.59 Å². The fourth-order valence-electron chi connectivity index (χ4n) is 4.14. The summed E-state index contributed by atoms with van der Waals surface area (Å²) < 4.78 is 38.0. The van der Waals surface area contributed by atoms with Gasteiger partial charge < -0.3 is 33.2 Å². The molecule has 1 fully saturated rings. The van der Waals surface area contributed by atoms with Crippen molar-refractivity contribution < 1.29 is 61.9 Å². The number of alkyl carbamates (subject to hydrolysis) is 1. The molecule has 2 unspecified atom stereocenters. The fraction of sp³-hybridized carbons (Fsp3) is 0.533. The van der Waals surface area contributed by atoms with E-state index < -0.39 is 78.7 Å². The van der Waals surface area contributed by atoms with Gasteiger partial charge in [-0.1, -0.05) is 36.4 Å². The van der Waals surface area contributed by atoms with Crippen LogP contribution in [-0.2, 0) is 63.7 Å². The second-order valence-corrected chi connectivity index (χ2v) is 10.8. The molecular weight excluding hydrogens is 582 g/mol. The van der Waals surface area contributed by atoms with Crippen molar-refractivity contribution >= 4 is 35.9 Å². The number of carbonyl (C=O) groups is 6. The Labute approximate surface area is 255 Å². The first-order chi connectivity index (χ1) is 20.6. The van der Waals surface area contributed by atoms with Gasteiger partial charge in [-0.05, 0) is 32.8 Å². The molecule has 1 heterocycles. The molecule has 1 aromatic rings. The molecule has 1 aromatic carbocycles. The van der Waals surface area contributed by atoms with E-state index in [0.29, 0.717) is 5.56 Å². The van der Waals surface area contributed by atoms with E-state index in [1.54, 1.807) is 51.1 Å². The molecule has 242 valence electrons.